The molecule has 9 heteroatoms. The minimum Gasteiger partial charge on any atom is -0.457 e. The molecule has 0 bridgehead atoms. The second-order valence-electron chi connectivity index (χ2n) is 10.2. The third kappa shape index (κ3) is 12.0. The summed E-state index contributed by atoms with van der Waals surface area (Å²) in [6, 6.07) is 0. The molecule has 9 nitrogen and oxygen atoms in total. The fourth-order valence-electron chi connectivity index (χ4n) is 3.92. The number of allylic oxidation sites excluding steroid dienone is 2. The third-order valence-corrected chi connectivity index (χ3v) is 6.21. The number of aliphatic hydroxyl groups is 2. The molecule has 0 radical (unpaired) electrons. The van der Waals surface area contributed by atoms with Crippen molar-refractivity contribution in [1.82, 2.24) is 4.90 Å². The summed E-state index contributed by atoms with van der Waals surface area (Å²) < 4.78 is 16.4. The van der Waals surface area contributed by atoms with Crippen LogP contribution in [0.3, 0.4) is 0 Å². The van der Waals surface area contributed by atoms with Crippen molar-refractivity contribution in [3.63, 3.8) is 0 Å². The van der Waals surface area contributed by atoms with Crippen LogP contribution in [0.25, 0.3) is 0 Å². The van der Waals surface area contributed by atoms with Crippen LogP contribution >= 0.6 is 0 Å². The van der Waals surface area contributed by atoms with Gasteiger partial charge in [-0.15, -0.1) is 0 Å². The quantitative estimate of drug-likeness (QED) is 0.212. The molecule has 0 saturated heterocycles. The van der Waals surface area contributed by atoms with E-state index in [1.807, 2.05) is 45.9 Å². The number of rotatable bonds is 8. The van der Waals surface area contributed by atoms with Gasteiger partial charge in [0.25, 0.3) is 0 Å². The number of hydrogen-bond donors (Lipinski definition) is 2. The Balaban J connectivity index is 3.03. The Kier molecular flexibility index (Phi) is 13.6. The predicted octanol–water partition coefficient (Wildman–Crippen LogP) is 3.94. The molecule has 1 heterocycles. The standard InChI is InChI=1S/C28H45NO8/c1-8-16-29(7)27(33)35-18-19(2)10-9-11-20(3)26-21(4)12-13-24(36-22(5)30)28(6,34)15-14-23(31)17-25(32)37-26/h9-13,19,21,23-24,26,31,34H,8,14-18H2,1-7H3/b10-9+,13-12+,20-11+/t19-,21-,23-,24-,26+,28-/m0/s1. The second-order valence-corrected chi connectivity index (χ2v) is 10.2. The minimum absolute atomic E-state index is 0.0268. The molecule has 0 aromatic rings. The highest BCUT2D eigenvalue weighted by atomic mass is 16.6. The van der Waals surface area contributed by atoms with Crippen molar-refractivity contribution < 1.29 is 38.8 Å². The molecule has 0 aromatic carbocycles. The summed E-state index contributed by atoms with van der Waals surface area (Å²) in [6.45, 7) is 11.3. The van der Waals surface area contributed by atoms with Gasteiger partial charge >= 0.3 is 18.0 Å². The molecule has 1 rings (SSSR count). The molecule has 37 heavy (non-hydrogen) atoms. The maximum Gasteiger partial charge on any atom is 0.409 e. The Morgan fingerprint density at radius 1 is 1.32 bits per heavy atom. The zero-order valence-corrected chi connectivity index (χ0v) is 23.3. The van der Waals surface area contributed by atoms with Gasteiger partial charge in [0.1, 0.15) is 17.8 Å². The van der Waals surface area contributed by atoms with E-state index in [1.165, 1.54) is 11.8 Å². The van der Waals surface area contributed by atoms with Crippen LogP contribution < -0.4 is 0 Å². The summed E-state index contributed by atoms with van der Waals surface area (Å²) in [6.07, 6.45) is 6.91. The van der Waals surface area contributed by atoms with Gasteiger partial charge in [0.2, 0.25) is 0 Å². The SMILES string of the molecule is CCCN(C)C(=O)OC[C@@H](C)/C=C/C=C(\C)[C@H]1OC(=O)C[C@@H](O)CC[C@](C)(O)[C@@H](OC(C)=O)/C=C/[C@@H]1C. The highest BCUT2D eigenvalue weighted by Crippen LogP contribution is 2.27. The van der Waals surface area contributed by atoms with Gasteiger partial charge in [-0.05, 0) is 44.8 Å². The number of esters is 2. The summed E-state index contributed by atoms with van der Waals surface area (Å²) >= 11 is 0. The first-order valence-corrected chi connectivity index (χ1v) is 12.9. The lowest BCUT2D eigenvalue weighted by molar-refractivity contribution is -0.157. The zero-order chi connectivity index (χ0) is 28.2. The topological polar surface area (TPSA) is 123 Å². The van der Waals surface area contributed by atoms with Crippen molar-refractivity contribution in [2.45, 2.75) is 91.1 Å². The van der Waals surface area contributed by atoms with Gasteiger partial charge in [0.15, 0.2) is 0 Å². The second kappa shape index (κ2) is 15.6. The fourth-order valence-corrected chi connectivity index (χ4v) is 3.92. The molecule has 1 aliphatic rings. The van der Waals surface area contributed by atoms with E-state index in [0.717, 1.165) is 12.0 Å². The van der Waals surface area contributed by atoms with Gasteiger partial charge in [-0.3, -0.25) is 9.59 Å². The van der Waals surface area contributed by atoms with Crippen LogP contribution in [-0.4, -0.2) is 77.3 Å². The predicted molar refractivity (Wildman–Crippen MR) is 141 cm³/mol. The van der Waals surface area contributed by atoms with Gasteiger partial charge < -0.3 is 29.3 Å². The molecular weight excluding hydrogens is 478 g/mol. The smallest absolute Gasteiger partial charge is 0.409 e. The molecule has 0 fully saturated rings. The number of nitrogens with zero attached hydrogens (tertiary/aromatic N) is 1. The summed E-state index contributed by atoms with van der Waals surface area (Å²) in [5.74, 6) is -1.41. The summed E-state index contributed by atoms with van der Waals surface area (Å²) in [4.78, 5) is 37.6. The monoisotopic (exact) mass is 523 g/mol. The molecular formula is C28H45NO8. The molecule has 0 spiro atoms. The lowest BCUT2D eigenvalue weighted by Gasteiger charge is -2.32. The number of cyclic esters (lactones) is 1. The maximum atomic E-state index is 12.5. The van der Waals surface area contributed by atoms with Crippen molar-refractivity contribution in [2.24, 2.45) is 11.8 Å². The molecule has 2 N–H and O–H groups in total. The molecule has 1 aliphatic heterocycles. The normalized spacial score (nSPS) is 29.4. The van der Waals surface area contributed by atoms with Crippen molar-refractivity contribution >= 4 is 18.0 Å². The van der Waals surface area contributed by atoms with E-state index < -0.39 is 35.9 Å². The highest BCUT2D eigenvalue weighted by Gasteiger charge is 2.35. The van der Waals surface area contributed by atoms with E-state index in [9.17, 15) is 24.6 Å². The lowest BCUT2D eigenvalue weighted by Crippen LogP contribution is -2.42. The van der Waals surface area contributed by atoms with Crippen molar-refractivity contribution in [3.05, 3.63) is 36.0 Å². The molecule has 0 unspecified atom stereocenters. The van der Waals surface area contributed by atoms with Crippen molar-refractivity contribution in [2.75, 3.05) is 20.2 Å². The number of carbonyl (C=O) groups is 3. The van der Waals surface area contributed by atoms with Crippen molar-refractivity contribution in [3.8, 4) is 0 Å². The molecule has 6 atom stereocenters. The first-order chi connectivity index (χ1) is 17.3. The van der Waals surface area contributed by atoms with E-state index >= 15 is 0 Å². The number of ether oxygens (including phenoxy) is 3. The highest BCUT2D eigenvalue weighted by molar-refractivity contribution is 5.70. The van der Waals surface area contributed by atoms with E-state index in [-0.39, 0.29) is 43.8 Å². The van der Waals surface area contributed by atoms with E-state index in [2.05, 4.69) is 0 Å². The largest absolute Gasteiger partial charge is 0.457 e. The van der Waals surface area contributed by atoms with Gasteiger partial charge in [0, 0.05) is 32.4 Å². The maximum absolute atomic E-state index is 12.5. The first kappa shape index (κ1) is 32.4. The van der Waals surface area contributed by atoms with Gasteiger partial charge in [-0.2, -0.15) is 0 Å². The summed E-state index contributed by atoms with van der Waals surface area (Å²) in [5.41, 5.74) is -0.656. The number of carbonyl (C=O) groups excluding carboxylic acids is 3. The molecule has 210 valence electrons. The van der Waals surface area contributed by atoms with Crippen LogP contribution in [0.4, 0.5) is 4.79 Å². The lowest BCUT2D eigenvalue weighted by atomic mass is 9.88. The van der Waals surface area contributed by atoms with E-state index in [4.69, 9.17) is 14.2 Å². The average molecular weight is 524 g/mol. The Morgan fingerprint density at radius 3 is 2.62 bits per heavy atom. The Morgan fingerprint density at radius 2 is 2.00 bits per heavy atom. The Labute approximate surface area is 221 Å². The Bertz CT molecular complexity index is 847. The van der Waals surface area contributed by atoms with Crippen LogP contribution in [0.1, 0.15) is 67.2 Å². The number of aliphatic hydroxyl groups excluding tert-OH is 1. The van der Waals surface area contributed by atoms with Gasteiger partial charge in [0.05, 0.1) is 19.1 Å². The van der Waals surface area contributed by atoms with Crippen LogP contribution in [0.5, 0.6) is 0 Å². The van der Waals surface area contributed by atoms with Crippen LogP contribution in [0.15, 0.2) is 36.0 Å². The minimum atomic E-state index is -1.42. The average Bonchev–Trinajstić information content (AvgIpc) is 2.81. The Hall–Kier alpha value is -2.65. The van der Waals surface area contributed by atoms with E-state index in [1.54, 1.807) is 26.1 Å². The molecule has 0 aromatic heterocycles. The molecule has 0 saturated carbocycles. The van der Waals surface area contributed by atoms with Crippen LogP contribution in [-0.2, 0) is 23.8 Å². The third-order valence-electron chi connectivity index (χ3n) is 6.21. The first-order valence-electron chi connectivity index (χ1n) is 12.9. The van der Waals surface area contributed by atoms with Gasteiger partial charge in [-0.25, -0.2) is 4.79 Å². The number of hydrogen-bond acceptors (Lipinski definition) is 8. The van der Waals surface area contributed by atoms with E-state index in [0.29, 0.717) is 6.54 Å². The number of amides is 1. The summed E-state index contributed by atoms with van der Waals surface area (Å²) in [5, 5.41) is 21.2. The molecule has 1 amide bonds. The van der Waals surface area contributed by atoms with Gasteiger partial charge in [-0.1, -0.05) is 45.1 Å². The van der Waals surface area contributed by atoms with Crippen molar-refractivity contribution in [1.29, 1.82) is 0 Å². The zero-order valence-electron chi connectivity index (χ0n) is 23.3. The summed E-state index contributed by atoms with van der Waals surface area (Å²) in [7, 11) is 1.70. The molecule has 0 aliphatic carbocycles. The van der Waals surface area contributed by atoms with Crippen LogP contribution in [0.2, 0.25) is 0 Å². The van der Waals surface area contributed by atoms with Crippen LogP contribution in [0, 0.1) is 11.8 Å². The fraction of sp³-hybridized carbons (Fsp3) is 0.679.